The van der Waals surface area contributed by atoms with Crippen molar-refractivity contribution < 1.29 is 0 Å². The average molecular weight is 335 g/mol. The Morgan fingerprint density at radius 1 is 1.26 bits per heavy atom. The van der Waals surface area contributed by atoms with E-state index in [-0.39, 0.29) is 0 Å². The first-order valence-electron chi connectivity index (χ1n) is 5.73. The van der Waals surface area contributed by atoms with E-state index in [0.29, 0.717) is 6.54 Å². The lowest BCUT2D eigenvalue weighted by Gasteiger charge is -2.03. The van der Waals surface area contributed by atoms with Crippen LogP contribution < -0.4 is 0 Å². The standard InChI is InChI=1S/C13H11BrN4S/c1-19-13-10-7-18(17-12(10)15-8-16-13)6-9-4-2-3-5-11(9)14/h2-5,7-8H,6H2,1H3. The highest BCUT2D eigenvalue weighted by atomic mass is 79.9. The van der Waals surface area contributed by atoms with E-state index in [4.69, 9.17) is 0 Å². The molecule has 0 aliphatic heterocycles. The summed E-state index contributed by atoms with van der Waals surface area (Å²) in [6.07, 6.45) is 5.57. The van der Waals surface area contributed by atoms with E-state index in [0.717, 1.165) is 20.5 Å². The lowest BCUT2D eigenvalue weighted by atomic mass is 10.2. The molecule has 0 amide bonds. The zero-order valence-electron chi connectivity index (χ0n) is 10.2. The number of thioether (sulfide) groups is 1. The van der Waals surface area contributed by atoms with Crippen LogP contribution in [0.5, 0.6) is 0 Å². The van der Waals surface area contributed by atoms with Gasteiger partial charge < -0.3 is 0 Å². The van der Waals surface area contributed by atoms with Gasteiger partial charge in [-0.1, -0.05) is 34.1 Å². The van der Waals surface area contributed by atoms with Crippen LogP contribution in [0.15, 0.2) is 46.3 Å². The minimum Gasteiger partial charge on any atom is -0.265 e. The van der Waals surface area contributed by atoms with Crippen LogP contribution >= 0.6 is 27.7 Å². The Kier molecular flexibility index (Phi) is 3.52. The van der Waals surface area contributed by atoms with Crippen LogP contribution in [0.4, 0.5) is 0 Å². The zero-order valence-corrected chi connectivity index (χ0v) is 12.6. The molecule has 0 saturated carbocycles. The fourth-order valence-electron chi connectivity index (χ4n) is 1.91. The van der Waals surface area contributed by atoms with Gasteiger partial charge in [0.05, 0.1) is 11.9 Å². The predicted octanol–water partition coefficient (Wildman–Crippen LogP) is 3.36. The summed E-state index contributed by atoms with van der Waals surface area (Å²) in [5.74, 6) is 0. The van der Waals surface area contributed by atoms with Crippen LogP contribution in [0.25, 0.3) is 11.0 Å². The molecule has 0 radical (unpaired) electrons. The molecule has 96 valence electrons. The summed E-state index contributed by atoms with van der Waals surface area (Å²) < 4.78 is 2.99. The van der Waals surface area contributed by atoms with Gasteiger partial charge in [0.1, 0.15) is 11.4 Å². The van der Waals surface area contributed by atoms with Crippen molar-refractivity contribution in [2.75, 3.05) is 6.26 Å². The molecule has 0 bridgehead atoms. The summed E-state index contributed by atoms with van der Waals surface area (Å²) in [5, 5.41) is 6.45. The Morgan fingerprint density at radius 2 is 2.11 bits per heavy atom. The number of rotatable bonds is 3. The normalized spacial score (nSPS) is 11.1. The lowest BCUT2D eigenvalue weighted by molar-refractivity contribution is 0.691. The van der Waals surface area contributed by atoms with Crippen molar-refractivity contribution in [3.05, 3.63) is 46.8 Å². The van der Waals surface area contributed by atoms with Crippen LogP contribution in [-0.2, 0) is 6.54 Å². The summed E-state index contributed by atoms with van der Waals surface area (Å²) in [7, 11) is 0. The molecule has 0 aliphatic carbocycles. The van der Waals surface area contributed by atoms with Gasteiger partial charge in [-0.25, -0.2) is 9.97 Å². The molecule has 2 heterocycles. The topological polar surface area (TPSA) is 43.6 Å². The SMILES string of the molecule is CSc1ncnc2nn(Cc3ccccc3Br)cc12. The summed E-state index contributed by atoms with van der Waals surface area (Å²) in [5.41, 5.74) is 1.93. The summed E-state index contributed by atoms with van der Waals surface area (Å²) in [4.78, 5) is 8.46. The maximum Gasteiger partial charge on any atom is 0.185 e. The van der Waals surface area contributed by atoms with E-state index in [1.54, 1.807) is 18.1 Å². The third-order valence-corrected chi connectivity index (χ3v) is 4.30. The van der Waals surface area contributed by atoms with Gasteiger partial charge in [0, 0.05) is 10.7 Å². The van der Waals surface area contributed by atoms with E-state index in [9.17, 15) is 0 Å². The lowest BCUT2D eigenvalue weighted by Crippen LogP contribution is -2.00. The van der Waals surface area contributed by atoms with Crippen LogP contribution in [0, 0.1) is 0 Å². The molecule has 19 heavy (non-hydrogen) atoms. The Bertz CT molecular complexity index is 725. The molecule has 3 aromatic rings. The Hall–Kier alpha value is -1.40. The van der Waals surface area contributed by atoms with E-state index < -0.39 is 0 Å². The van der Waals surface area contributed by atoms with Gasteiger partial charge in [-0.3, -0.25) is 4.68 Å². The number of hydrogen-bond donors (Lipinski definition) is 0. The fraction of sp³-hybridized carbons (Fsp3) is 0.154. The third kappa shape index (κ3) is 2.50. The van der Waals surface area contributed by atoms with E-state index >= 15 is 0 Å². The van der Waals surface area contributed by atoms with Gasteiger partial charge >= 0.3 is 0 Å². The molecule has 0 unspecified atom stereocenters. The van der Waals surface area contributed by atoms with Crippen molar-refractivity contribution in [2.45, 2.75) is 11.6 Å². The summed E-state index contributed by atoms with van der Waals surface area (Å²) >= 11 is 5.16. The molecule has 4 nitrogen and oxygen atoms in total. The zero-order chi connectivity index (χ0) is 13.2. The molecule has 2 aromatic heterocycles. The summed E-state index contributed by atoms with van der Waals surface area (Å²) in [6.45, 7) is 0.714. The Balaban J connectivity index is 2.00. The number of halogens is 1. The number of aromatic nitrogens is 4. The number of hydrogen-bond acceptors (Lipinski definition) is 4. The molecule has 0 fully saturated rings. The Morgan fingerprint density at radius 3 is 2.89 bits per heavy atom. The van der Waals surface area contributed by atoms with Crippen molar-refractivity contribution >= 4 is 38.7 Å². The highest BCUT2D eigenvalue weighted by Gasteiger charge is 2.08. The second-order valence-corrected chi connectivity index (χ2v) is 5.69. The third-order valence-electron chi connectivity index (χ3n) is 2.81. The highest BCUT2D eigenvalue weighted by Crippen LogP contribution is 2.22. The van der Waals surface area contributed by atoms with Gasteiger partial charge in [0.25, 0.3) is 0 Å². The van der Waals surface area contributed by atoms with Gasteiger partial charge in [0.2, 0.25) is 0 Å². The van der Waals surface area contributed by atoms with Crippen molar-refractivity contribution in [3.63, 3.8) is 0 Å². The predicted molar refractivity (Wildman–Crippen MR) is 80.3 cm³/mol. The van der Waals surface area contributed by atoms with Gasteiger partial charge in [-0.2, -0.15) is 5.10 Å². The molecule has 0 spiro atoms. The molecular weight excluding hydrogens is 324 g/mol. The highest BCUT2D eigenvalue weighted by molar-refractivity contribution is 9.10. The first-order valence-corrected chi connectivity index (χ1v) is 7.75. The number of fused-ring (bicyclic) bond motifs is 1. The molecule has 0 saturated heterocycles. The molecule has 0 N–H and O–H groups in total. The van der Waals surface area contributed by atoms with Crippen molar-refractivity contribution in [1.82, 2.24) is 19.7 Å². The van der Waals surface area contributed by atoms with Crippen molar-refractivity contribution in [2.24, 2.45) is 0 Å². The van der Waals surface area contributed by atoms with E-state index in [2.05, 4.69) is 37.1 Å². The maximum absolute atomic E-state index is 4.49. The van der Waals surface area contributed by atoms with Crippen molar-refractivity contribution in [3.8, 4) is 0 Å². The molecule has 3 rings (SSSR count). The minimum absolute atomic E-state index is 0.714. The second kappa shape index (κ2) is 5.30. The van der Waals surface area contributed by atoms with Gasteiger partial charge in [-0.15, -0.1) is 11.8 Å². The van der Waals surface area contributed by atoms with Crippen LogP contribution in [0.1, 0.15) is 5.56 Å². The van der Waals surface area contributed by atoms with E-state index in [1.165, 1.54) is 5.56 Å². The van der Waals surface area contributed by atoms with Gasteiger partial charge in [-0.05, 0) is 17.9 Å². The quantitative estimate of drug-likeness (QED) is 0.544. The summed E-state index contributed by atoms with van der Waals surface area (Å²) in [6, 6.07) is 8.14. The monoisotopic (exact) mass is 334 g/mol. The molecule has 0 aliphatic rings. The van der Waals surface area contributed by atoms with Crippen LogP contribution in [0.2, 0.25) is 0 Å². The van der Waals surface area contributed by atoms with E-state index in [1.807, 2.05) is 35.3 Å². The van der Waals surface area contributed by atoms with Crippen molar-refractivity contribution in [1.29, 1.82) is 0 Å². The van der Waals surface area contributed by atoms with Crippen LogP contribution in [-0.4, -0.2) is 26.0 Å². The fourth-order valence-corrected chi connectivity index (χ4v) is 2.83. The molecule has 1 aromatic carbocycles. The first-order chi connectivity index (χ1) is 9.28. The van der Waals surface area contributed by atoms with Gasteiger partial charge in [0.15, 0.2) is 5.65 Å². The molecular formula is C13H11BrN4S. The second-order valence-electron chi connectivity index (χ2n) is 4.04. The first kappa shape index (κ1) is 12.6. The average Bonchev–Trinajstić information content (AvgIpc) is 2.83. The minimum atomic E-state index is 0.714. The molecule has 0 atom stereocenters. The Labute approximate surface area is 123 Å². The van der Waals surface area contributed by atoms with Crippen LogP contribution in [0.3, 0.4) is 0 Å². The smallest absolute Gasteiger partial charge is 0.185 e. The number of nitrogens with zero attached hydrogens (tertiary/aromatic N) is 4. The number of benzene rings is 1. The largest absolute Gasteiger partial charge is 0.265 e. The molecule has 6 heteroatoms. The maximum atomic E-state index is 4.49.